The smallest absolute Gasteiger partial charge is 0.303 e. The summed E-state index contributed by atoms with van der Waals surface area (Å²) in [6, 6.07) is 6.32. The molecule has 6 heteroatoms. The van der Waals surface area contributed by atoms with Gasteiger partial charge in [0.15, 0.2) is 0 Å². The molecule has 0 aliphatic rings. The number of aliphatic carboxylic acids is 1. The fourth-order valence-electron chi connectivity index (χ4n) is 2.75. The minimum atomic E-state index is -0.794. The van der Waals surface area contributed by atoms with Crippen LogP contribution in [0.25, 0.3) is 16.8 Å². The largest absolute Gasteiger partial charge is 0.481 e. The van der Waals surface area contributed by atoms with Gasteiger partial charge in [0.1, 0.15) is 4.60 Å². The van der Waals surface area contributed by atoms with Crippen molar-refractivity contribution in [1.82, 2.24) is 14.0 Å². The van der Waals surface area contributed by atoms with Gasteiger partial charge < -0.3 is 9.67 Å². The highest BCUT2D eigenvalue weighted by atomic mass is 79.9. The maximum atomic E-state index is 10.8. The Hall–Kier alpha value is -1.82. The molecule has 0 amide bonds. The van der Waals surface area contributed by atoms with Crippen molar-refractivity contribution in [2.24, 2.45) is 7.05 Å². The molecule has 1 aromatic carbocycles. The Bertz CT molecular complexity index is 877. The molecule has 0 saturated heterocycles. The second-order valence-electron chi connectivity index (χ2n) is 5.84. The third-order valence-corrected chi connectivity index (χ3v) is 4.85. The molecule has 0 spiro atoms. The van der Waals surface area contributed by atoms with Crippen LogP contribution >= 0.6 is 15.9 Å². The fourth-order valence-corrected chi connectivity index (χ4v) is 3.56. The number of nitrogens with zero attached hydrogens (tertiary/aromatic N) is 3. The minimum Gasteiger partial charge on any atom is -0.481 e. The van der Waals surface area contributed by atoms with Gasteiger partial charge in [-0.2, -0.15) is 0 Å². The van der Waals surface area contributed by atoms with E-state index in [1.165, 1.54) is 5.56 Å². The van der Waals surface area contributed by atoms with Gasteiger partial charge in [-0.1, -0.05) is 19.9 Å². The van der Waals surface area contributed by atoms with Crippen LogP contribution in [0.1, 0.15) is 37.4 Å². The van der Waals surface area contributed by atoms with Crippen molar-refractivity contribution in [2.75, 3.05) is 0 Å². The van der Waals surface area contributed by atoms with Gasteiger partial charge >= 0.3 is 5.97 Å². The number of benzene rings is 1. The van der Waals surface area contributed by atoms with Gasteiger partial charge in [0.2, 0.25) is 5.78 Å². The summed E-state index contributed by atoms with van der Waals surface area (Å²) in [6.45, 7) is 4.33. The van der Waals surface area contributed by atoms with E-state index in [4.69, 9.17) is 10.1 Å². The zero-order chi connectivity index (χ0) is 16.0. The van der Waals surface area contributed by atoms with Crippen LogP contribution in [0.2, 0.25) is 0 Å². The molecule has 0 unspecified atom stereocenters. The second-order valence-corrected chi connectivity index (χ2v) is 6.59. The van der Waals surface area contributed by atoms with Crippen molar-refractivity contribution in [3.8, 4) is 0 Å². The van der Waals surface area contributed by atoms with E-state index in [1.54, 1.807) is 0 Å². The minimum absolute atomic E-state index is 0.106. The van der Waals surface area contributed by atoms with Crippen LogP contribution < -0.4 is 0 Å². The number of rotatable bonds is 4. The van der Waals surface area contributed by atoms with Crippen molar-refractivity contribution >= 4 is 38.7 Å². The van der Waals surface area contributed by atoms with Crippen LogP contribution in [-0.4, -0.2) is 25.0 Å². The van der Waals surface area contributed by atoms with E-state index in [0.717, 1.165) is 27.1 Å². The number of fused-ring (bicyclic) bond motifs is 3. The second kappa shape index (κ2) is 5.43. The molecule has 2 heterocycles. The van der Waals surface area contributed by atoms with E-state index >= 15 is 0 Å². The Morgan fingerprint density at radius 2 is 2.14 bits per heavy atom. The number of hydrogen-bond acceptors (Lipinski definition) is 2. The zero-order valence-corrected chi connectivity index (χ0v) is 14.4. The quantitative estimate of drug-likeness (QED) is 0.768. The normalized spacial score (nSPS) is 11.9. The summed E-state index contributed by atoms with van der Waals surface area (Å²) >= 11 is 3.61. The Labute approximate surface area is 136 Å². The summed E-state index contributed by atoms with van der Waals surface area (Å²) in [5.41, 5.74) is 4.20. The zero-order valence-electron chi connectivity index (χ0n) is 12.8. The summed E-state index contributed by atoms with van der Waals surface area (Å²) in [7, 11) is 1.92. The summed E-state index contributed by atoms with van der Waals surface area (Å²) in [5, 5.41) is 8.89. The van der Waals surface area contributed by atoms with E-state index in [1.807, 2.05) is 16.0 Å². The lowest BCUT2D eigenvalue weighted by Crippen LogP contribution is -2.02. The number of aromatic nitrogens is 3. The van der Waals surface area contributed by atoms with E-state index in [9.17, 15) is 4.79 Å². The maximum Gasteiger partial charge on any atom is 0.303 e. The molecule has 0 radical (unpaired) electrons. The van der Waals surface area contributed by atoms with Gasteiger partial charge in [-0.25, -0.2) is 4.98 Å². The van der Waals surface area contributed by atoms with Crippen LogP contribution in [0.3, 0.4) is 0 Å². The van der Waals surface area contributed by atoms with Crippen molar-refractivity contribution in [2.45, 2.75) is 32.6 Å². The Kier molecular flexibility index (Phi) is 3.72. The Balaban J connectivity index is 2.18. The molecule has 0 aliphatic heterocycles. The van der Waals surface area contributed by atoms with E-state index in [2.05, 4.69) is 48.0 Å². The predicted molar refractivity (Wildman–Crippen MR) is 89.4 cm³/mol. The molecule has 0 fully saturated rings. The molecule has 3 rings (SSSR count). The van der Waals surface area contributed by atoms with Crippen LogP contribution in [0, 0.1) is 0 Å². The summed E-state index contributed by atoms with van der Waals surface area (Å²) in [6.07, 6.45) is 0.580. The monoisotopic (exact) mass is 363 g/mol. The molecule has 2 aromatic heterocycles. The first-order chi connectivity index (χ1) is 10.4. The number of carboxylic acids is 1. The predicted octanol–water partition coefficient (Wildman–Crippen LogP) is 3.73. The van der Waals surface area contributed by atoms with Gasteiger partial charge in [-0.05, 0) is 39.5 Å². The van der Waals surface area contributed by atoms with Crippen molar-refractivity contribution in [3.05, 3.63) is 34.1 Å². The standard InChI is InChI=1S/C16H18BrN3O2/c1-9(2)10-4-5-12-11(8-10)18-16-19(3)13(6-7-14(21)22)15(17)20(12)16/h4-5,8-9H,6-7H2,1-3H3,(H,21,22). The van der Waals surface area contributed by atoms with Crippen molar-refractivity contribution in [3.63, 3.8) is 0 Å². The van der Waals surface area contributed by atoms with E-state index < -0.39 is 5.97 Å². The van der Waals surface area contributed by atoms with Crippen LogP contribution in [-0.2, 0) is 18.3 Å². The SMILES string of the molecule is CC(C)c1ccc2c(c1)nc1n(C)c(CCC(=O)O)c(Br)n21. The summed E-state index contributed by atoms with van der Waals surface area (Å²) < 4.78 is 4.88. The Morgan fingerprint density at radius 1 is 1.41 bits per heavy atom. The first-order valence-electron chi connectivity index (χ1n) is 7.27. The molecule has 0 aliphatic carbocycles. The van der Waals surface area contributed by atoms with Crippen LogP contribution in [0.5, 0.6) is 0 Å². The molecule has 0 saturated carbocycles. The highest BCUT2D eigenvalue weighted by Crippen LogP contribution is 2.29. The third-order valence-electron chi connectivity index (χ3n) is 4.04. The molecule has 3 aromatic rings. The molecule has 0 bridgehead atoms. The van der Waals surface area contributed by atoms with Gasteiger partial charge in [-0.3, -0.25) is 9.20 Å². The lowest BCUT2D eigenvalue weighted by Gasteiger charge is -2.05. The van der Waals surface area contributed by atoms with Crippen molar-refractivity contribution in [1.29, 1.82) is 0 Å². The maximum absolute atomic E-state index is 10.8. The number of aryl methyl sites for hydroxylation is 1. The summed E-state index contributed by atoms with van der Waals surface area (Å²) in [5.74, 6) is 0.490. The lowest BCUT2D eigenvalue weighted by atomic mass is 10.0. The molecule has 22 heavy (non-hydrogen) atoms. The van der Waals surface area contributed by atoms with E-state index in [0.29, 0.717) is 12.3 Å². The molecular weight excluding hydrogens is 346 g/mol. The molecule has 0 atom stereocenters. The van der Waals surface area contributed by atoms with Gasteiger partial charge in [0.05, 0.1) is 23.1 Å². The molecule has 116 valence electrons. The van der Waals surface area contributed by atoms with Crippen molar-refractivity contribution < 1.29 is 9.90 Å². The number of hydrogen-bond donors (Lipinski definition) is 1. The topological polar surface area (TPSA) is 59.5 Å². The first-order valence-corrected chi connectivity index (χ1v) is 8.06. The lowest BCUT2D eigenvalue weighted by molar-refractivity contribution is -0.136. The van der Waals surface area contributed by atoms with E-state index in [-0.39, 0.29) is 6.42 Å². The first kappa shape index (κ1) is 15.1. The molecule has 1 N–H and O–H groups in total. The molecule has 5 nitrogen and oxygen atoms in total. The third kappa shape index (κ3) is 2.31. The van der Waals surface area contributed by atoms with Gasteiger partial charge in [0, 0.05) is 13.5 Å². The average Bonchev–Trinajstić information content (AvgIpc) is 2.94. The van der Waals surface area contributed by atoms with Gasteiger partial charge in [-0.15, -0.1) is 0 Å². The average molecular weight is 364 g/mol. The highest BCUT2D eigenvalue weighted by molar-refractivity contribution is 9.10. The number of carbonyl (C=O) groups is 1. The number of halogens is 1. The molecular formula is C16H18BrN3O2. The number of imidazole rings is 2. The highest BCUT2D eigenvalue weighted by Gasteiger charge is 2.18. The Morgan fingerprint density at radius 3 is 2.77 bits per heavy atom. The van der Waals surface area contributed by atoms with Gasteiger partial charge in [0.25, 0.3) is 0 Å². The fraction of sp³-hybridized carbons (Fsp3) is 0.375. The van der Waals surface area contributed by atoms with Crippen LogP contribution in [0.4, 0.5) is 0 Å². The number of carboxylic acid groups (broad SMARTS) is 1. The summed E-state index contributed by atoms with van der Waals surface area (Å²) in [4.78, 5) is 15.5. The van der Waals surface area contributed by atoms with Crippen LogP contribution in [0.15, 0.2) is 22.8 Å².